The van der Waals surface area contributed by atoms with Gasteiger partial charge in [0.25, 0.3) is 11.7 Å². The highest BCUT2D eigenvalue weighted by Gasteiger charge is 2.45. The van der Waals surface area contributed by atoms with E-state index < -0.39 is 17.7 Å². The lowest BCUT2D eigenvalue weighted by Crippen LogP contribution is -2.30. The fourth-order valence-corrected chi connectivity index (χ4v) is 3.97. The number of aliphatic hydroxyl groups is 1. The van der Waals surface area contributed by atoms with Gasteiger partial charge in [0.15, 0.2) is 0 Å². The summed E-state index contributed by atoms with van der Waals surface area (Å²) in [6, 6.07) is 18.7. The van der Waals surface area contributed by atoms with Gasteiger partial charge in [-0.3, -0.25) is 9.59 Å². The molecule has 0 aromatic heterocycles. The Balaban J connectivity index is 1.97. The third-order valence-corrected chi connectivity index (χ3v) is 5.24. The van der Waals surface area contributed by atoms with Crippen LogP contribution >= 0.6 is 0 Å². The second-order valence-electron chi connectivity index (χ2n) is 7.11. The van der Waals surface area contributed by atoms with Gasteiger partial charge in [0, 0.05) is 12.1 Å². The molecule has 1 fully saturated rings. The van der Waals surface area contributed by atoms with Crippen LogP contribution in [0, 0.1) is 0 Å². The van der Waals surface area contributed by atoms with Crippen molar-refractivity contribution in [1.82, 2.24) is 4.90 Å². The molecule has 1 atom stereocenters. The van der Waals surface area contributed by atoms with E-state index in [0.717, 1.165) is 10.8 Å². The van der Waals surface area contributed by atoms with Crippen molar-refractivity contribution in [2.45, 2.75) is 19.4 Å². The van der Waals surface area contributed by atoms with E-state index in [1.165, 1.54) is 17.0 Å². The van der Waals surface area contributed by atoms with E-state index in [0.29, 0.717) is 24.1 Å². The molecule has 1 saturated heterocycles. The number of ketones is 1. The summed E-state index contributed by atoms with van der Waals surface area (Å²) in [5, 5.41) is 22.9. The molecule has 1 aliphatic rings. The van der Waals surface area contributed by atoms with E-state index in [-0.39, 0.29) is 17.1 Å². The number of hydrogen-bond acceptors (Lipinski definition) is 4. The fourth-order valence-electron chi connectivity index (χ4n) is 3.97. The van der Waals surface area contributed by atoms with Crippen molar-refractivity contribution in [1.29, 1.82) is 0 Å². The largest absolute Gasteiger partial charge is 0.508 e. The Kier molecular flexibility index (Phi) is 4.80. The molecule has 146 valence electrons. The highest BCUT2D eigenvalue weighted by molar-refractivity contribution is 6.46. The molecule has 0 spiro atoms. The first-order valence-electron chi connectivity index (χ1n) is 9.58. The maximum Gasteiger partial charge on any atom is 0.295 e. The van der Waals surface area contributed by atoms with Crippen molar-refractivity contribution >= 4 is 28.2 Å². The summed E-state index contributed by atoms with van der Waals surface area (Å²) in [6.45, 7) is 2.29. The Morgan fingerprint density at radius 1 is 1.00 bits per heavy atom. The molecular weight excluding hydrogens is 366 g/mol. The third-order valence-electron chi connectivity index (χ3n) is 5.24. The van der Waals surface area contributed by atoms with E-state index in [2.05, 4.69) is 0 Å². The summed E-state index contributed by atoms with van der Waals surface area (Å²) in [5.74, 6) is -1.51. The summed E-state index contributed by atoms with van der Waals surface area (Å²) < 4.78 is 0. The highest BCUT2D eigenvalue weighted by atomic mass is 16.3. The van der Waals surface area contributed by atoms with Crippen LogP contribution in [0.15, 0.2) is 72.3 Å². The molecule has 3 aromatic rings. The number of benzene rings is 3. The minimum atomic E-state index is -0.749. The van der Waals surface area contributed by atoms with Crippen molar-refractivity contribution < 1.29 is 19.8 Å². The minimum Gasteiger partial charge on any atom is -0.508 e. The maximum absolute atomic E-state index is 12.9. The first-order valence-corrected chi connectivity index (χ1v) is 9.58. The van der Waals surface area contributed by atoms with E-state index in [1.54, 1.807) is 18.2 Å². The highest BCUT2D eigenvalue weighted by Crippen LogP contribution is 2.41. The van der Waals surface area contributed by atoms with Crippen molar-refractivity contribution in [3.8, 4) is 5.75 Å². The number of Topliss-reactive ketones (excluding diaryl/α,β-unsaturated/α-hetero) is 1. The Hall–Kier alpha value is -3.60. The second-order valence-corrected chi connectivity index (χ2v) is 7.11. The van der Waals surface area contributed by atoms with Gasteiger partial charge >= 0.3 is 0 Å². The monoisotopic (exact) mass is 387 g/mol. The van der Waals surface area contributed by atoms with Gasteiger partial charge in [-0.05, 0) is 34.9 Å². The molecule has 1 heterocycles. The van der Waals surface area contributed by atoms with Crippen molar-refractivity contribution in [3.63, 3.8) is 0 Å². The molecule has 0 saturated carbocycles. The molecule has 29 heavy (non-hydrogen) atoms. The number of phenols is 1. The summed E-state index contributed by atoms with van der Waals surface area (Å²) in [5.41, 5.74) is 1.13. The number of carbonyl (C=O) groups excluding carboxylic acids is 2. The molecule has 1 amide bonds. The normalized spacial score (nSPS) is 18.5. The number of aliphatic hydroxyl groups excluding tert-OH is 1. The molecule has 4 rings (SSSR count). The predicted molar refractivity (Wildman–Crippen MR) is 111 cm³/mol. The lowest BCUT2D eigenvalue weighted by molar-refractivity contribution is -0.139. The van der Waals surface area contributed by atoms with Crippen LogP contribution in [0.5, 0.6) is 5.75 Å². The molecule has 5 nitrogen and oxygen atoms in total. The average Bonchev–Trinajstić information content (AvgIpc) is 2.98. The maximum atomic E-state index is 12.9. The number of fused-ring (bicyclic) bond motifs is 1. The number of aromatic hydroxyl groups is 1. The molecular formula is C24H21NO4. The van der Waals surface area contributed by atoms with E-state index in [9.17, 15) is 19.8 Å². The van der Waals surface area contributed by atoms with E-state index >= 15 is 0 Å². The lowest BCUT2D eigenvalue weighted by atomic mass is 9.93. The van der Waals surface area contributed by atoms with Crippen LogP contribution in [0.3, 0.4) is 0 Å². The first-order chi connectivity index (χ1) is 14.0. The molecule has 1 aliphatic heterocycles. The van der Waals surface area contributed by atoms with Gasteiger partial charge in [-0.15, -0.1) is 0 Å². The quantitative estimate of drug-likeness (QED) is 0.396. The van der Waals surface area contributed by atoms with Crippen LogP contribution in [0.2, 0.25) is 0 Å². The zero-order valence-corrected chi connectivity index (χ0v) is 16.0. The van der Waals surface area contributed by atoms with Gasteiger partial charge in [-0.25, -0.2) is 0 Å². The van der Waals surface area contributed by atoms with Gasteiger partial charge in [-0.1, -0.05) is 61.5 Å². The molecule has 1 unspecified atom stereocenters. The van der Waals surface area contributed by atoms with Crippen molar-refractivity contribution in [3.05, 3.63) is 83.4 Å². The number of hydrogen-bond donors (Lipinski definition) is 2. The van der Waals surface area contributed by atoms with Gasteiger partial charge in [0.2, 0.25) is 0 Å². The Bertz CT molecular complexity index is 1140. The van der Waals surface area contributed by atoms with Gasteiger partial charge in [-0.2, -0.15) is 0 Å². The van der Waals surface area contributed by atoms with Crippen LogP contribution in [-0.4, -0.2) is 33.3 Å². The number of likely N-dealkylation sites (tertiary alicyclic amines) is 1. The van der Waals surface area contributed by atoms with Crippen LogP contribution in [0.25, 0.3) is 16.5 Å². The lowest BCUT2D eigenvalue weighted by Gasteiger charge is -2.25. The Morgan fingerprint density at radius 3 is 2.48 bits per heavy atom. The van der Waals surface area contributed by atoms with E-state index in [1.807, 2.05) is 43.3 Å². The number of amides is 1. The third kappa shape index (κ3) is 3.14. The van der Waals surface area contributed by atoms with Crippen molar-refractivity contribution in [2.24, 2.45) is 0 Å². The van der Waals surface area contributed by atoms with Crippen LogP contribution in [-0.2, 0) is 9.59 Å². The molecule has 0 bridgehead atoms. The van der Waals surface area contributed by atoms with Gasteiger partial charge in [0.1, 0.15) is 11.5 Å². The topological polar surface area (TPSA) is 77.8 Å². The Labute approximate surface area is 168 Å². The standard InChI is InChI=1S/C24H21NO4/c1-2-13-25-21(16-9-5-10-17(26)14-16)20(23(28)24(25)29)22(27)19-12-6-8-15-7-3-4-11-18(15)19/h3-12,14,21,26-27H,2,13H2,1H3/b22-20-. The Morgan fingerprint density at radius 2 is 1.72 bits per heavy atom. The fraction of sp³-hybridized carbons (Fsp3) is 0.167. The predicted octanol–water partition coefficient (Wildman–Crippen LogP) is 4.38. The van der Waals surface area contributed by atoms with Crippen molar-refractivity contribution in [2.75, 3.05) is 6.54 Å². The summed E-state index contributed by atoms with van der Waals surface area (Å²) >= 11 is 0. The van der Waals surface area contributed by atoms with Crippen LogP contribution in [0.1, 0.15) is 30.5 Å². The SMILES string of the molecule is CCCN1C(=O)C(=O)/C(=C(\O)c2cccc3ccccc23)C1c1cccc(O)c1. The van der Waals surface area contributed by atoms with Crippen LogP contribution < -0.4 is 0 Å². The second kappa shape index (κ2) is 7.43. The van der Waals surface area contributed by atoms with Crippen LogP contribution in [0.4, 0.5) is 0 Å². The summed E-state index contributed by atoms with van der Waals surface area (Å²) in [7, 11) is 0. The minimum absolute atomic E-state index is 0.0368. The molecule has 0 aliphatic carbocycles. The zero-order chi connectivity index (χ0) is 20.5. The first kappa shape index (κ1) is 18.7. The average molecular weight is 387 g/mol. The molecule has 0 radical (unpaired) electrons. The number of carbonyl (C=O) groups is 2. The van der Waals surface area contributed by atoms with E-state index in [4.69, 9.17) is 0 Å². The molecule has 5 heteroatoms. The molecule has 3 aromatic carbocycles. The zero-order valence-electron chi connectivity index (χ0n) is 16.0. The smallest absolute Gasteiger partial charge is 0.295 e. The summed E-state index contributed by atoms with van der Waals surface area (Å²) in [4.78, 5) is 27.1. The summed E-state index contributed by atoms with van der Waals surface area (Å²) in [6.07, 6.45) is 0.663. The number of phenolic OH excluding ortho intramolecular Hbond substituents is 1. The number of nitrogens with zero attached hydrogens (tertiary/aromatic N) is 1. The van der Waals surface area contributed by atoms with Gasteiger partial charge < -0.3 is 15.1 Å². The van der Waals surface area contributed by atoms with Gasteiger partial charge in [0.05, 0.1) is 11.6 Å². The molecule has 2 N–H and O–H groups in total. The number of rotatable bonds is 4.